The van der Waals surface area contributed by atoms with E-state index in [0.29, 0.717) is 6.61 Å². The first-order valence-electron chi connectivity index (χ1n) is 10.8. The Hall–Kier alpha value is -2.29. The molecular weight excluding hydrogens is 390 g/mol. The van der Waals surface area contributed by atoms with Gasteiger partial charge in [0.15, 0.2) is 0 Å². The van der Waals surface area contributed by atoms with Crippen molar-refractivity contribution in [1.29, 1.82) is 0 Å². The van der Waals surface area contributed by atoms with Crippen molar-refractivity contribution in [2.75, 3.05) is 26.2 Å². The molecular formula is C27H32ClNO. The molecule has 1 atom stereocenters. The molecule has 3 rings (SSSR count). The standard InChI is InChI=1S/C27H32ClNO/c1-4-29(5-2)18-19-30-26-16-12-24(13-17-26)27(23-10-6-21(3)7-11-23)20-22-8-14-25(28)15-9-22/h6-17,27H,4-5,18-20H2,1-3H3. The fourth-order valence-corrected chi connectivity index (χ4v) is 3.84. The number of hydrogen-bond donors (Lipinski definition) is 0. The number of ether oxygens (including phenoxy) is 1. The maximum Gasteiger partial charge on any atom is 0.119 e. The van der Waals surface area contributed by atoms with Gasteiger partial charge in [0.05, 0.1) is 0 Å². The highest BCUT2D eigenvalue weighted by Gasteiger charge is 2.15. The van der Waals surface area contributed by atoms with Gasteiger partial charge in [-0.3, -0.25) is 0 Å². The molecule has 0 N–H and O–H groups in total. The van der Waals surface area contributed by atoms with Crippen molar-refractivity contribution in [2.24, 2.45) is 0 Å². The number of likely N-dealkylation sites (N-methyl/N-ethyl adjacent to an activating group) is 1. The summed E-state index contributed by atoms with van der Waals surface area (Å²) in [5.74, 6) is 1.22. The Bertz CT molecular complexity index is 884. The van der Waals surface area contributed by atoms with Gasteiger partial charge < -0.3 is 9.64 Å². The molecule has 1 unspecified atom stereocenters. The first-order valence-corrected chi connectivity index (χ1v) is 11.2. The summed E-state index contributed by atoms with van der Waals surface area (Å²) in [6.45, 7) is 10.3. The molecule has 0 heterocycles. The summed E-state index contributed by atoms with van der Waals surface area (Å²) < 4.78 is 5.97. The Kier molecular flexibility index (Phi) is 8.36. The molecule has 0 bridgehead atoms. The van der Waals surface area contributed by atoms with E-state index in [1.165, 1.54) is 22.3 Å². The summed E-state index contributed by atoms with van der Waals surface area (Å²) in [7, 11) is 0. The van der Waals surface area contributed by atoms with Crippen LogP contribution in [0.3, 0.4) is 0 Å². The Morgan fingerprint density at radius 2 is 1.37 bits per heavy atom. The third-order valence-electron chi connectivity index (χ3n) is 5.69. The van der Waals surface area contributed by atoms with Gasteiger partial charge in [-0.05, 0) is 67.4 Å². The van der Waals surface area contributed by atoms with Crippen molar-refractivity contribution in [3.05, 3.63) is 100 Å². The average Bonchev–Trinajstić information content (AvgIpc) is 2.78. The third kappa shape index (κ3) is 6.35. The van der Waals surface area contributed by atoms with Gasteiger partial charge in [-0.15, -0.1) is 0 Å². The van der Waals surface area contributed by atoms with Crippen molar-refractivity contribution < 1.29 is 4.74 Å². The van der Waals surface area contributed by atoms with Crippen LogP contribution >= 0.6 is 11.6 Å². The monoisotopic (exact) mass is 421 g/mol. The average molecular weight is 422 g/mol. The SMILES string of the molecule is CCN(CC)CCOc1ccc(C(Cc2ccc(Cl)cc2)c2ccc(C)cc2)cc1. The van der Waals surface area contributed by atoms with Gasteiger partial charge in [0, 0.05) is 17.5 Å². The van der Waals surface area contributed by atoms with Gasteiger partial charge in [-0.1, -0.05) is 79.5 Å². The van der Waals surface area contributed by atoms with E-state index in [2.05, 4.69) is 86.3 Å². The molecule has 30 heavy (non-hydrogen) atoms. The van der Waals surface area contributed by atoms with Gasteiger partial charge >= 0.3 is 0 Å². The summed E-state index contributed by atoms with van der Waals surface area (Å²) in [5, 5.41) is 0.775. The molecule has 3 aromatic rings. The van der Waals surface area contributed by atoms with Crippen LogP contribution in [-0.2, 0) is 6.42 Å². The minimum Gasteiger partial charge on any atom is -0.492 e. The second kappa shape index (κ2) is 11.2. The van der Waals surface area contributed by atoms with Crippen molar-refractivity contribution in [3.63, 3.8) is 0 Å². The molecule has 3 aromatic carbocycles. The predicted molar refractivity (Wildman–Crippen MR) is 128 cm³/mol. The highest BCUT2D eigenvalue weighted by molar-refractivity contribution is 6.30. The van der Waals surface area contributed by atoms with Crippen LogP contribution in [0.1, 0.15) is 42.0 Å². The van der Waals surface area contributed by atoms with Crippen LogP contribution < -0.4 is 4.74 Å². The highest BCUT2D eigenvalue weighted by atomic mass is 35.5. The molecule has 0 spiro atoms. The smallest absolute Gasteiger partial charge is 0.119 e. The van der Waals surface area contributed by atoms with Crippen molar-refractivity contribution in [2.45, 2.75) is 33.1 Å². The van der Waals surface area contributed by atoms with Crippen molar-refractivity contribution >= 4 is 11.6 Å². The van der Waals surface area contributed by atoms with E-state index >= 15 is 0 Å². The van der Waals surface area contributed by atoms with Crippen LogP contribution in [0, 0.1) is 6.92 Å². The van der Waals surface area contributed by atoms with E-state index in [-0.39, 0.29) is 5.92 Å². The normalized spacial score (nSPS) is 12.2. The summed E-state index contributed by atoms with van der Waals surface area (Å²) in [6.07, 6.45) is 0.933. The predicted octanol–water partition coefficient (Wildman–Crippen LogP) is 6.74. The number of benzene rings is 3. The minimum absolute atomic E-state index is 0.288. The number of rotatable bonds is 10. The Morgan fingerprint density at radius 1 is 0.800 bits per heavy atom. The van der Waals surface area contributed by atoms with Gasteiger partial charge in [0.2, 0.25) is 0 Å². The van der Waals surface area contributed by atoms with Gasteiger partial charge in [-0.2, -0.15) is 0 Å². The van der Waals surface area contributed by atoms with E-state index in [0.717, 1.165) is 36.8 Å². The topological polar surface area (TPSA) is 12.5 Å². The van der Waals surface area contributed by atoms with Gasteiger partial charge in [-0.25, -0.2) is 0 Å². The van der Waals surface area contributed by atoms with Crippen LogP contribution in [0.4, 0.5) is 0 Å². The number of halogens is 1. The molecule has 0 radical (unpaired) electrons. The first-order chi connectivity index (χ1) is 14.6. The Labute approximate surface area is 186 Å². The van der Waals surface area contributed by atoms with E-state index in [9.17, 15) is 0 Å². The van der Waals surface area contributed by atoms with Crippen molar-refractivity contribution in [3.8, 4) is 5.75 Å². The summed E-state index contributed by atoms with van der Waals surface area (Å²) in [4.78, 5) is 2.37. The van der Waals surface area contributed by atoms with E-state index in [1.807, 2.05) is 12.1 Å². The van der Waals surface area contributed by atoms with E-state index < -0.39 is 0 Å². The second-order valence-electron chi connectivity index (χ2n) is 7.74. The molecule has 0 saturated carbocycles. The van der Waals surface area contributed by atoms with Crippen LogP contribution in [0.5, 0.6) is 5.75 Å². The number of nitrogens with zero attached hydrogens (tertiary/aromatic N) is 1. The number of aryl methyl sites for hydroxylation is 1. The first kappa shape index (κ1) is 22.4. The molecule has 0 amide bonds. The maximum absolute atomic E-state index is 6.08. The largest absolute Gasteiger partial charge is 0.492 e. The Balaban J connectivity index is 1.75. The molecule has 0 aliphatic rings. The molecule has 158 valence electrons. The molecule has 2 nitrogen and oxygen atoms in total. The van der Waals surface area contributed by atoms with E-state index in [4.69, 9.17) is 16.3 Å². The molecule has 0 aromatic heterocycles. The van der Waals surface area contributed by atoms with Crippen LogP contribution in [0.2, 0.25) is 5.02 Å². The van der Waals surface area contributed by atoms with Gasteiger partial charge in [0.1, 0.15) is 12.4 Å². The Morgan fingerprint density at radius 3 is 1.93 bits per heavy atom. The minimum atomic E-state index is 0.288. The van der Waals surface area contributed by atoms with E-state index in [1.54, 1.807) is 0 Å². The zero-order valence-electron chi connectivity index (χ0n) is 18.3. The highest BCUT2D eigenvalue weighted by Crippen LogP contribution is 2.30. The summed E-state index contributed by atoms with van der Waals surface area (Å²) in [5.41, 5.74) is 5.18. The lowest BCUT2D eigenvalue weighted by molar-refractivity contribution is 0.223. The lowest BCUT2D eigenvalue weighted by atomic mass is 9.85. The van der Waals surface area contributed by atoms with Crippen molar-refractivity contribution in [1.82, 2.24) is 4.90 Å². The fourth-order valence-electron chi connectivity index (χ4n) is 3.71. The third-order valence-corrected chi connectivity index (χ3v) is 5.94. The molecule has 0 saturated heterocycles. The summed E-state index contributed by atoms with van der Waals surface area (Å²) in [6, 6.07) is 25.6. The van der Waals surface area contributed by atoms with Crippen LogP contribution in [-0.4, -0.2) is 31.1 Å². The maximum atomic E-state index is 6.08. The fraction of sp³-hybridized carbons (Fsp3) is 0.333. The zero-order chi connectivity index (χ0) is 21.3. The molecule has 3 heteroatoms. The number of hydrogen-bond acceptors (Lipinski definition) is 2. The quantitative estimate of drug-likeness (QED) is 0.359. The zero-order valence-corrected chi connectivity index (χ0v) is 19.0. The summed E-state index contributed by atoms with van der Waals surface area (Å²) >= 11 is 6.08. The molecule has 0 aliphatic carbocycles. The van der Waals surface area contributed by atoms with Crippen LogP contribution in [0.15, 0.2) is 72.8 Å². The van der Waals surface area contributed by atoms with Gasteiger partial charge in [0.25, 0.3) is 0 Å². The lowest BCUT2D eigenvalue weighted by Crippen LogP contribution is -2.27. The second-order valence-corrected chi connectivity index (χ2v) is 8.17. The lowest BCUT2D eigenvalue weighted by Gasteiger charge is -2.20. The molecule has 0 fully saturated rings. The van der Waals surface area contributed by atoms with Crippen LogP contribution in [0.25, 0.3) is 0 Å². The molecule has 0 aliphatic heterocycles.